The van der Waals surface area contributed by atoms with Crippen LogP contribution in [0.4, 0.5) is 18.9 Å². The minimum Gasteiger partial charge on any atom is -0.480 e. The van der Waals surface area contributed by atoms with Gasteiger partial charge in [0.25, 0.3) is 0 Å². The summed E-state index contributed by atoms with van der Waals surface area (Å²) in [5.41, 5.74) is -0.855. The van der Waals surface area contributed by atoms with Gasteiger partial charge in [0, 0.05) is 5.69 Å². The molecule has 0 bridgehead atoms. The average molecular weight is 289 g/mol. The third-order valence-electron chi connectivity index (χ3n) is 2.83. The van der Waals surface area contributed by atoms with E-state index in [-0.39, 0.29) is 5.69 Å². The van der Waals surface area contributed by atoms with Crippen LogP contribution in [-0.4, -0.2) is 17.1 Å². The summed E-state index contributed by atoms with van der Waals surface area (Å²) in [4.78, 5) is 11.2. The largest absolute Gasteiger partial charge is 0.480 e. The number of nitrogens with one attached hydrogen (secondary N) is 1. The second-order valence-corrected chi connectivity index (χ2v) is 5.87. The van der Waals surface area contributed by atoms with Crippen LogP contribution in [0.2, 0.25) is 0 Å². The molecule has 0 saturated heterocycles. The summed E-state index contributed by atoms with van der Waals surface area (Å²) in [6, 6.07) is 2.47. The zero-order valence-electron chi connectivity index (χ0n) is 11.8. The number of hydrogen-bond donors (Lipinski definition) is 2. The van der Waals surface area contributed by atoms with Crippen LogP contribution in [-0.2, 0) is 11.0 Å². The lowest BCUT2D eigenvalue weighted by molar-refractivity contribution is -0.140. The fraction of sp³-hybridized carbons (Fsp3) is 0.500. The molecule has 1 aromatic rings. The Morgan fingerprint density at radius 2 is 1.75 bits per heavy atom. The minimum absolute atomic E-state index is 0.152. The van der Waals surface area contributed by atoms with Gasteiger partial charge in [-0.1, -0.05) is 20.8 Å². The number of hydrogen-bond acceptors (Lipinski definition) is 2. The predicted molar refractivity (Wildman–Crippen MR) is 70.7 cm³/mol. The molecule has 0 heterocycles. The van der Waals surface area contributed by atoms with E-state index in [9.17, 15) is 23.1 Å². The first kappa shape index (κ1) is 16.3. The zero-order valence-corrected chi connectivity index (χ0v) is 11.8. The summed E-state index contributed by atoms with van der Waals surface area (Å²) in [7, 11) is 0. The Hall–Kier alpha value is -1.72. The number of aryl methyl sites for hydroxylation is 1. The number of carboxylic acids is 1. The molecule has 1 atom stereocenters. The molecule has 0 aromatic heterocycles. The number of aliphatic carboxylic acids is 1. The van der Waals surface area contributed by atoms with E-state index >= 15 is 0 Å². The van der Waals surface area contributed by atoms with Crippen LogP contribution in [0, 0.1) is 12.3 Å². The van der Waals surface area contributed by atoms with Gasteiger partial charge in [-0.3, -0.25) is 0 Å². The van der Waals surface area contributed by atoms with E-state index in [1.807, 2.05) is 0 Å². The summed E-state index contributed by atoms with van der Waals surface area (Å²) in [6.07, 6.45) is -4.46. The maximum absolute atomic E-state index is 12.7. The highest BCUT2D eigenvalue weighted by atomic mass is 19.4. The maximum atomic E-state index is 12.7. The summed E-state index contributed by atoms with van der Waals surface area (Å²) in [5, 5.41) is 11.9. The quantitative estimate of drug-likeness (QED) is 0.886. The molecule has 1 aromatic carbocycles. The van der Waals surface area contributed by atoms with Crippen molar-refractivity contribution in [3.8, 4) is 0 Å². The number of rotatable bonds is 3. The first-order valence-corrected chi connectivity index (χ1v) is 6.09. The molecule has 0 aliphatic rings. The molecule has 0 unspecified atom stereocenters. The van der Waals surface area contributed by atoms with E-state index in [0.717, 1.165) is 12.1 Å². The first-order chi connectivity index (χ1) is 8.91. The number of anilines is 1. The van der Waals surface area contributed by atoms with Crippen LogP contribution in [0.15, 0.2) is 18.2 Å². The fourth-order valence-corrected chi connectivity index (χ4v) is 1.85. The van der Waals surface area contributed by atoms with Crippen molar-refractivity contribution < 1.29 is 23.1 Å². The van der Waals surface area contributed by atoms with Crippen LogP contribution >= 0.6 is 0 Å². The Morgan fingerprint density at radius 3 is 2.15 bits per heavy atom. The summed E-state index contributed by atoms with van der Waals surface area (Å²) in [5.74, 6) is -1.10. The van der Waals surface area contributed by atoms with E-state index in [1.165, 1.54) is 13.0 Å². The topological polar surface area (TPSA) is 49.3 Å². The lowest BCUT2D eigenvalue weighted by Gasteiger charge is -2.29. The fourth-order valence-electron chi connectivity index (χ4n) is 1.85. The molecule has 0 aliphatic carbocycles. The third kappa shape index (κ3) is 4.15. The Balaban J connectivity index is 3.15. The van der Waals surface area contributed by atoms with Gasteiger partial charge in [-0.25, -0.2) is 4.79 Å². The molecule has 112 valence electrons. The molecule has 0 fully saturated rings. The lowest BCUT2D eigenvalue weighted by atomic mass is 9.86. The predicted octanol–water partition coefficient (Wildman–Crippen LogP) is 3.93. The van der Waals surface area contributed by atoms with E-state index in [4.69, 9.17) is 0 Å². The summed E-state index contributed by atoms with van der Waals surface area (Å²) >= 11 is 0. The van der Waals surface area contributed by atoms with Crippen LogP contribution in [0.3, 0.4) is 0 Å². The van der Waals surface area contributed by atoms with Gasteiger partial charge < -0.3 is 10.4 Å². The summed E-state index contributed by atoms with van der Waals surface area (Å²) < 4.78 is 38.2. The van der Waals surface area contributed by atoms with Crippen molar-refractivity contribution in [3.05, 3.63) is 29.3 Å². The van der Waals surface area contributed by atoms with Gasteiger partial charge in [-0.15, -0.1) is 0 Å². The molecule has 6 heteroatoms. The van der Waals surface area contributed by atoms with Crippen molar-refractivity contribution in [2.24, 2.45) is 5.41 Å². The van der Waals surface area contributed by atoms with Crippen molar-refractivity contribution >= 4 is 11.7 Å². The van der Waals surface area contributed by atoms with Crippen molar-refractivity contribution in [2.75, 3.05) is 5.32 Å². The maximum Gasteiger partial charge on any atom is 0.416 e. The van der Waals surface area contributed by atoms with Gasteiger partial charge in [-0.05, 0) is 36.1 Å². The molecular weight excluding hydrogens is 271 g/mol. The Kier molecular flexibility index (Phi) is 4.36. The van der Waals surface area contributed by atoms with Gasteiger partial charge >= 0.3 is 12.1 Å². The molecule has 20 heavy (non-hydrogen) atoms. The molecule has 0 amide bonds. The number of benzene rings is 1. The molecule has 0 aliphatic heterocycles. The molecule has 1 rings (SSSR count). The second kappa shape index (κ2) is 5.34. The molecule has 0 saturated carbocycles. The van der Waals surface area contributed by atoms with Gasteiger partial charge in [0.15, 0.2) is 0 Å². The van der Waals surface area contributed by atoms with E-state index in [0.29, 0.717) is 5.56 Å². The number of carboxylic acid groups (broad SMARTS) is 1. The highest BCUT2D eigenvalue weighted by molar-refractivity contribution is 5.78. The van der Waals surface area contributed by atoms with E-state index < -0.39 is 29.2 Å². The minimum atomic E-state index is -4.46. The Morgan fingerprint density at radius 1 is 1.20 bits per heavy atom. The molecule has 3 nitrogen and oxygen atoms in total. The standard InChI is InChI=1S/C14H18F3NO2/c1-8-5-9(14(15,16)17)7-10(6-8)18-11(12(19)20)13(2,3)4/h5-7,11,18H,1-4H3,(H,19,20)/t11-/m1/s1. The SMILES string of the molecule is Cc1cc(N[C@H](C(=O)O)C(C)(C)C)cc(C(F)(F)F)c1. The van der Waals surface area contributed by atoms with Crippen molar-refractivity contribution in [2.45, 2.75) is 39.9 Å². The van der Waals surface area contributed by atoms with Gasteiger partial charge in [-0.2, -0.15) is 13.2 Å². The smallest absolute Gasteiger partial charge is 0.416 e. The van der Waals surface area contributed by atoms with Crippen LogP contribution in [0.25, 0.3) is 0 Å². The van der Waals surface area contributed by atoms with Crippen LogP contribution in [0.5, 0.6) is 0 Å². The van der Waals surface area contributed by atoms with Crippen molar-refractivity contribution in [1.82, 2.24) is 0 Å². The highest BCUT2D eigenvalue weighted by Crippen LogP contribution is 2.33. The van der Waals surface area contributed by atoms with Crippen LogP contribution in [0.1, 0.15) is 31.9 Å². The van der Waals surface area contributed by atoms with Gasteiger partial charge in [0.05, 0.1) is 5.56 Å². The second-order valence-electron chi connectivity index (χ2n) is 5.87. The van der Waals surface area contributed by atoms with Crippen LogP contribution < -0.4 is 5.32 Å². The highest BCUT2D eigenvalue weighted by Gasteiger charge is 2.33. The molecule has 2 N–H and O–H groups in total. The van der Waals surface area contributed by atoms with Gasteiger partial charge in [0.1, 0.15) is 6.04 Å². The molecule has 0 spiro atoms. The third-order valence-corrected chi connectivity index (χ3v) is 2.83. The zero-order chi connectivity index (χ0) is 15.7. The first-order valence-electron chi connectivity index (χ1n) is 6.09. The Labute approximate surface area is 115 Å². The number of halogens is 3. The summed E-state index contributed by atoms with van der Waals surface area (Å²) in [6.45, 7) is 6.66. The van der Waals surface area contributed by atoms with E-state index in [1.54, 1.807) is 20.8 Å². The average Bonchev–Trinajstić information content (AvgIpc) is 2.21. The van der Waals surface area contributed by atoms with Crippen molar-refractivity contribution in [1.29, 1.82) is 0 Å². The van der Waals surface area contributed by atoms with E-state index in [2.05, 4.69) is 5.32 Å². The monoisotopic (exact) mass is 289 g/mol. The normalized spacial score (nSPS) is 13.9. The molecular formula is C14H18F3NO2. The Bertz CT molecular complexity index is 504. The molecule has 0 radical (unpaired) electrons. The van der Waals surface area contributed by atoms with Gasteiger partial charge in [0.2, 0.25) is 0 Å². The lowest BCUT2D eigenvalue weighted by Crippen LogP contribution is -2.41. The van der Waals surface area contributed by atoms with Crippen molar-refractivity contribution in [3.63, 3.8) is 0 Å². The number of carbonyl (C=O) groups is 1. The number of alkyl halides is 3.